The first-order valence-corrected chi connectivity index (χ1v) is 6.05. The summed E-state index contributed by atoms with van der Waals surface area (Å²) in [6.07, 6.45) is 5.30. The fraction of sp³-hybridized carbons (Fsp3) is 0.909. The number of nitrogens with one attached hydrogen (secondary N) is 1. The Balaban J connectivity index is 2.38. The van der Waals surface area contributed by atoms with Crippen LogP contribution in [0.15, 0.2) is 0 Å². The van der Waals surface area contributed by atoms with Crippen LogP contribution in [0.5, 0.6) is 0 Å². The zero-order valence-corrected chi connectivity index (χ0v) is 9.86. The molecule has 0 saturated heterocycles. The highest BCUT2D eigenvalue weighted by molar-refractivity contribution is 6.18. The lowest BCUT2D eigenvalue weighted by molar-refractivity contribution is -0.127. The molecule has 0 heterocycles. The molecule has 3 heteroatoms. The van der Waals surface area contributed by atoms with Crippen LogP contribution in [0.2, 0.25) is 0 Å². The van der Waals surface area contributed by atoms with E-state index in [1.54, 1.807) is 0 Å². The summed E-state index contributed by atoms with van der Waals surface area (Å²) in [5.74, 6) is 0.852. The zero-order chi connectivity index (χ0) is 10.6. The minimum Gasteiger partial charge on any atom is -0.349 e. The molecule has 0 bridgehead atoms. The van der Waals surface area contributed by atoms with Gasteiger partial charge in [0.15, 0.2) is 0 Å². The predicted octanol–water partition coefficient (Wildman–Crippen LogP) is 2.70. The van der Waals surface area contributed by atoms with E-state index in [-0.39, 0.29) is 17.4 Å². The van der Waals surface area contributed by atoms with E-state index < -0.39 is 0 Å². The van der Waals surface area contributed by atoms with Crippen molar-refractivity contribution in [1.82, 2.24) is 5.32 Å². The molecule has 1 unspecified atom stereocenters. The molecule has 1 rings (SSSR count). The Kier molecular flexibility index (Phi) is 4.24. The average molecular weight is 218 g/mol. The number of amides is 1. The molecule has 0 aromatic carbocycles. The first-order valence-electron chi connectivity index (χ1n) is 5.51. The van der Waals surface area contributed by atoms with Crippen LogP contribution in [0.25, 0.3) is 0 Å². The standard InChI is InChI=1S/C11H20ClNO/c1-3-5-9(2)10(14)13-11(8-12)6-4-7-11/h9H,3-8H2,1-2H3,(H,13,14). The minimum atomic E-state index is -0.0688. The highest BCUT2D eigenvalue weighted by Gasteiger charge is 2.38. The molecular formula is C11H20ClNO. The van der Waals surface area contributed by atoms with Crippen LogP contribution in [-0.2, 0) is 4.79 Å². The van der Waals surface area contributed by atoms with E-state index in [0.717, 1.165) is 25.7 Å². The Morgan fingerprint density at radius 1 is 1.57 bits per heavy atom. The van der Waals surface area contributed by atoms with Gasteiger partial charge < -0.3 is 5.32 Å². The lowest BCUT2D eigenvalue weighted by atomic mass is 9.78. The highest BCUT2D eigenvalue weighted by atomic mass is 35.5. The molecule has 1 N–H and O–H groups in total. The molecule has 1 aliphatic rings. The second-order valence-corrected chi connectivity index (χ2v) is 4.71. The Hall–Kier alpha value is -0.240. The van der Waals surface area contributed by atoms with E-state index in [1.807, 2.05) is 6.92 Å². The van der Waals surface area contributed by atoms with Gasteiger partial charge >= 0.3 is 0 Å². The van der Waals surface area contributed by atoms with Crippen LogP contribution in [0, 0.1) is 5.92 Å². The molecule has 0 aromatic rings. The monoisotopic (exact) mass is 217 g/mol. The van der Waals surface area contributed by atoms with Crippen molar-refractivity contribution in [2.24, 2.45) is 5.92 Å². The van der Waals surface area contributed by atoms with E-state index in [0.29, 0.717) is 5.88 Å². The fourth-order valence-corrected chi connectivity index (χ4v) is 2.18. The molecule has 0 spiro atoms. The van der Waals surface area contributed by atoms with Gasteiger partial charge in [-0.2, -0.15) is 0 Å². The second-order valence-electron chi connectivity index (χ2n) is 4.45. The van der Waals surface area contributed by atoms with Crippen LogP contribution >= 0.6 is 11.6 Å². The lowest BCUT2D eigenvalue weighted by Crippen LogP contribution is -2.56. The van der Waals surface area contributed by atoms with Gasteiger partial charge in [-0.1, -0.05) is 20.3 Å². The van der Waals surface area contributed by atoms with E-state index in [4.69, 9.17) is 11.6 Å². The number of rotatable bonds is 5. The number of carbonyl (C=O) groups excluding carboxylic acids is 1. The maximum atomic E-state index is 11.7. The van der Waals surface area contributed by atoms with Crippen LogP contribution in [-0.4, -0.2) is 17.3 Å². The van der Waals surface area contributed by atoms with Gasteiger partial charge in [0.05, 0.1) is 5.54 Å². The first kappa shape index (κ1) is 11.8. The molecule has 0 radical (unpaired) electrons. The van der Waals surface area contributed by atoms with Crippen molar-refractivity contribution in [3.63, 3.8) is 0 Å². The van der Waals surface area contributed by atoms with Crippen molar-refractivity contribution in [2.75, 3.05) is 5.88 Å². The van der Waals surface area contributed by atoms with Crippen molar-refractivity contribution >= 4 is 17.5 Å². The summed E-state index contributed by atoms with van der Waals surface area (Å²) in [5, 5.41) is 3.09. The van der Waals surface area contributed by atoms with Gasteiger partial charge in [0.25, 0.3) is 0 Å². The van der Waals surface area contributed by atoms with Gasteiger partial charge in [0, 0.05) is 11.8 Å². The van der Waals surface area contributed by atoms with E-state index >= 15 is 0 Å². The number of hydrogen-bond donors (Lipinski definition) is 1. The molecule has 1 amide bonds. The number of carbonyl (C=O) groups is 1. The number of halogens is 1. The van der Waals surface area contributed by atoms with Gasteiger partial charge in [-0.15, -0.1) is 11.6 Å². The van der Waals surface area contributed by atoms with Crippen molar-refractivity contribution in [1.29, 1.82) is 0 Å². The predicted molar refractivity (Wildman–Crippen MR) is 59.5 cm³/mol. The number of alkyl halides is 1. The van der Waals surface area contributed by atoms with Crippen LogP contribution in [0.3, 0.4) is 0 Å². The molecule has 0 aliphatic heterocycles. The molecule has 1 fully saturated rings. The summed E-state index contributed by atoms with van der Waals surface area (Å²) in [7, 11) is 0. The average Bonchev–Trinajstić information content (AvgIpc) is 2.11. The normalized spacial score (nSPS) is 21.1. The minimum absolute atomic E-state index is 0.0688. The zero-order valence-electron chi connectivity index (χ0n) is 9.11. The smallest absolute Gasteiger partial charge is 0.223 e. The fourth-order valence-electron chi connectivity index (χ4n) is 1.84. The van der Waals surface area contributed by atoms with Crippen LogP contribution in [0.1, 0.15) is 46.0 Å². The largest absolute Gasteiger partial charge is 0.349 e. The van der Waals surface area contributed by atoms with Gasteiger partial charge in [-0.25, -0.2) is 0 Å². The van der Waals surface area contributed by atoms with Crippen molar-refractivity contribution in [3.8, 4) is 0 Å². The summed E-state index contributed by atoms with van der Waals surface area (Å²) in [4.78, 5) is 11.7. The summed E-state index contributed by atoms with van der Waals surface area (Å²) in [5.41, 5.74) is -0.0688. The molecule has 1 saturated carbocycles. The van der Waals surface area contributed by atoms with Crippen molar-refractivity contribution in [2.45, 2.75) is 51.5 Å². The van der Waals surface area contributed by atoms with Gasteiger partial charge in [-0.05, 0) is 25.7 Å². The summed E-state index contributed by atoms with van der Waals surface area (Å²) in [6.45, 7) is 4.09. The number of hydrogen-bond acceptors (Lipinski definition) is 1. The Morgan fingerprint density at radius 3 is 2.57 bits per heavy atom. The quantitative estimate of drug-likeness (QED) is 0.705. The third-order valence-electron chi connectivity index (χ3n) is 3.12. The topological polar surface area (TPSA) is 29.1 Å². The molecule has 82 valence electrons. The van der Waals surface area contributed by atoms with E-state index in [2.05, 4.69) is 12.2 Å². The van der Waals surface area contributed by atoms with E-state index in [9.17, 15) is 4.79 Å². The Bertz CT molecular complexity index is 196. The van der Waals surface area contributed by atoms with Gasteiger partial charge in [0.2, 0.25) is 5.91 Å². The SMILES string of the molecule is CCCC(C)C(=O)NC1(CCl)CCC1. The van der Waals surface area contributed by atoms with Crippen LogP contribution in [0.4, 0.5) is 0 Å². The second kappa shape index (κ2) is 5.01. The van der Waals surface area contributed by atoms with E-state index in [1.165, 1.54) is 6.42 Å². The summed E-state index contributed by atoms with van der Waals surface area (Å²) < 4.78 is 0. The molecule has 2 nitrogen and oxygen atoms in total. The molecule has 1 aliphatic carbocycles. The summed E-state index contributed by atoms with van der Waals surface area (Å²) >= 11 is 5.87. The third kappa shape index (κ3) is 2.63. The van der Waals surface area contributed by atoms with Crippen molar-refractivity contribution in [3.05, 3.63) is 0 Å². The molecular weight excluding hydrogens is 198 g/mol. The first-order chi connectivity index (χ1) is 6.63. The third-order valence-corrected chi connectivity index (χ3v) is 3.64. The molecule has 1 atom stereocenters. The molecule has 14 heavy (non-hydrogen) atoms. The highest BCUT2D eigenvalue weighted by Crippen LogP contribution is 2.33. The molecule has 0 aromatic heterocycles. The van der Waals surface area contributed by atoms with Crippen LogP contribution < -0.4 is 5.32 Å². The Morgan fingerprint density at radius 2 is 2.21 bits per heavy atom. The van der Waals surface area contributed by atoms with Gasteiger partial charge in [0.1, 0.15) is 0 Å². The van der Waals surface area contributed by atoms with Gasteiger partial charge in [-0.3, -0.25) is 4.79 Å². The maximum absolute atomic E-state index is 11.7. The lowest BCUT2D eigenvalue weighted by Gasteiger charge is -2.41. The Labute approximate surface area is 91.4 Å². The maximum Gasteiger partial charge on any atom is 0.223 e. The summed E-state index contributed by atoms with van der Waals surface area (Å²) in [6, 6.07) is 0. The van der Waals surface area contributed by atoms with Crippen molar-refractivity contribution < 1.29 is 4.79 Å².